The third-order valence-corrected chi connectivity index (χ3v) is 3.84. The summed E-state index contributed by atoms with van der Waals surface area (Å²) in [5.41, 5.74) is 1.16. The van der Waals surface area contributed by atoms with Gasteiger partial charge in [0.25, 0.3) is 0 Å². The number of aliphatic hydroxyl groups is 1. The highest BCUT2D eigenvalue weighted by Crippen LogP contribution is 2.28. The Hall–Kier alpha value is -0.510. The van der Waals surface area contributed by atoms with Gasteiger partial charge in [-0.1, -0.05) is 44.2 Å². The second-order valence-corrected chi connectivity index (χ2v) is 5.92. The van der Waals surface area contributed by atoms with E-state index in [-0.39, 0.29) is 11.5 Å². The Morgan fingerprint density at radius 2 is 1.94 bits per heavy atom. The van der Waals surface area contributed by atoms with Crippen LogP contribution >= 0.6 is 11.8 Å². The van der Waals surface area contributed by atoms with Crippen LogP contribution in [0.4, 0.5) is 0 Å². The number of methoxy groups -OCH3 is 1. The molecule has 3 heteroatoms. The molecule has 0 spiro atoms. The first-order valence-electron chi connectivity index (χ1n) is 5.85. The summed E-state index contributed by atoms with van der Waals surface area (Å²) in [6, 6.07) is 10.3. The van der Waals surface area contributed by atoms with E-state index in [0.717, 1.165) is 6.42 Å². The van der Waals surface area contributed by atoms with Crippen LogP contribution in [0.25, 0.3) is 0 Å². The Morgan fingerprint density at radius 1 is 1.29 bits per heavy atom. The van der Waals surface area contributed by atoms with Gasteiger partial charge in [0.2, 0.25) is 0 Å². The molecule has 1 N–H and O–H groups in total. The van der Waals surface area contributed by atoms with Gasteiger partial charge in [-0.3, -0.25) is 0 Å². The van der Waals surface area contributed by atoms with Crippen molar-refractivity contribution >= 4 is 11.8 Å². The fraction of sp³-hybridized carbons (Fsp3) is 0.571. The Labute approximate surface area is 108 Å². The number of thioether (sulfide) groups is 1. The monoisotopic (exact) mass is 254 g/mol. The van der Waals surface area contributed by atoms with E-state index in [4.69, 9.17) is 4.74 Å². The summed E-state index contributed by atoms with van der Waals surface area (Å²) in [6.07, 6.45) is 0.575. The highest BCUT2D eigenvalue weighted by molar-refractivity contribution is 7.99. The maximum absolute atomic E-state index is 10.2. The number of hydrogen-bond donors (Lipinski definition) is 1. The summed E-state index contributed by atoms with van der Waals surface area (Å²) in [7, 11) is 1.68. The minimum absolute atomic E-state index is 0.109. The van der Waals surface area contributed by atoms with Crippen molar-refractivity contribution in [3.63, 3.8) is 0 Å². The van der Waals surface area contributed by atoms with Gasteiger partial charge in [-0.25, -0.2) is 0 Å². The maximum atomic E-state index is 10.2. The molecule has 0 aliphatic rings. The van der Waals surface area contributed by atoms with Crippen molar-refractivity contribution < 1.29 is 9.84 Å². The van der Waals surface area contributed by atoms with Crippen molar-refractivity contribution in [2.75, 3.05) is 18.8 Å². The second kappa shape index (κ2) is 7.04. The van der Waals surface area contributed by atoms with Crippen molar-refractivity contribution in [1.82, 2.24) is 0 Å². The van der Waals surface area contributed by atoms with Gasteiger partial charge < -0.3 is 9.84 Å². The van der Waals surface area contributed by atoms with Crippen LogP contribution in [0.15, 0.2) is 30.3 Å². The van der Waals surface area contributed by atoms with Crippen molar-refractivity contribution in [1.29, 1.82) is 0 Å². The highest BCUT2D eigenvalue weighted by Gasteiger charge is 2.27. The molecule has 0 fully saturated rings. The lowest BCUT2D eigenvalue weighted by Gasteiger charge is -2.30. The molecule has 2 nitrogen and oxygen atoms in total. The predicted molar refractivity (Wildman–Crippen MR) is 74.3 cm³/mol. The molecule has 0 heterocycles. The molecular formula is C14H22O2S. The average Bonchev–Trinajstić information content (AvgIpc) is 2.30. The third-order valence-electron chi connectivity index (χ3n) is 2.88. The van der Waals surface area contributed by atoms with Crippen molar-refractivity contribution in [3.05, 3.63) is 35.9 Å². The number of benzene rings is 1. The van der Waals surface area contributed by atoms with E-state index in [0.29, 0.717) is 11.7 Å². The van der Waals surface area contributed by atoms with Crippen molar-refractivity contribution in [2.24, 2.45) is 5.41 Å². The number of rotatable bonds is 7. The molecule has 0 saturated heterocycles. The minimum Gasteiger partial charge on any atom is -0.392 e. The van der Waals surface area contributed by atoms with Crippen LogP contribution in [0.3, 0.4) is 0 Å². The van der Waals surface area contributed by atoms with E-state index in [1.54, 1.807) is 18.9 Å². The van der Waals surface area contributed by atoms with Crippen LogP contribution < -0.4 is 0 Å². The van der Waals surface area contributed by atoms with Gasteiger partial charge in [-0.15, -0.1) is 11.8 Å². The number of ether oxygens (including phenoxy) is 1. The summed E-state index contributed by atoms with van der Waals surface area (Å²) in [4.78, 5) is 0. The Bertz CT molecular complexity index is 311. The second-order valence-electron chi connectivity index (χ2n) is 4.94. The van der Waals surface area contributed by atoms with E-state index in [9.17, 15) is 5.11 Å². The minimum atomic E-state index is -0.317. The van der Waals surface area contributed by atoms with Gasteiger partial charge in [0, 0.05) is 12.9 Å². The lowest BCUT2D eigenvalue weighted by molar-refractivity contribution is 0.0702. The topological polar surface area (TPSA) is 29.5 Å². The van der Waals surface area contributed by atoms with Crippen molar-refractivity contribution in [3.8, 4) is 0 Å². The van der Waals surface area contributed by atoms with E-state index >= 15 is 0 Å². The number of aliphatic hydroxyl groups excluding tert-OH is 1. The molecule has 0 aliphatic carbocycles. The van der Waals surface area contributed by atoms with E-state index < -0.39 is 0 Å². The van der Waals surface area contributed by atoms with E-state index in [2.05, 4.69) is 26.0 Å². The molecule has 1 aromatic carbocycles. The molecule has 0 aliphatic heterocycles. The van der Waals surface area contributed by atoms with Gasteiger partial charge in [0.15, 0.2) is 0 Å². The normalized spacial score (nSPS) is 13.6. The largest absolute Gasteiger partial charge is 0.392 e. The first-order valence-corrected chi connectivity index (χ1v) is 7.00. The molecule has 0 saturated carbocycles. The lowest BCUT2D eigenvalue weighted by atomic mass is 9.81. The quantitative estimate of drug-likeness (QED) is 0.599. The Kier molecular flexibility index (Phi) is 6.03. The van der Waals surface area contributed by atoms with E-state index in [1.165, 1.54) is 5.56 Å². The van der Waals surface area contributed by atoms with Crippen LogP contribution in [0.1, 0.15) is 19.4 Å². The standard InChI is InChI=1S/C14H22O2S/c1-14(2,13(15)10-17-11-16-3)9-12-7-5-4-6-8-12/h4-8,13,15H,9-11H2,1-3H3. The lowest BCUT2D eigenvalue weighted by Crippen LogP contribution is -2.33. The molecule has 1 aromatic rings. The summed E-state index contributed by atoms with van der Waals surface area (Å²) >= 11 is 1.63. The number of hydrogen-bond acceptors (Lipinski definition) is 3. The summed E-state index contributed by atoms with van der Waals surface area (Å²) in [5, 5.41) is 10.2. The zero-order valence-electron chi connectivity index (χ0n) is 10.8. The van der Waals surface area contributed by atoms with E-state index in [1.807, 2.05) is 18.2 Å². The van der Waals surface area contributed by atoms with Crippen LogP contribution in [-0.2, 0) is 11.2 Å². The van der Waals surface area contributed by atoms with Crippen molar-refractivity contribution in [2.45, 2.75) is 26.4 Å². The van der Waals surface area contributed by atoms with Gasteiger partial charge in [0.05, 0.1) is 12.0 Å². The fourth-order valence-corrected chi connectivity index (χ4v) is 2.65. The van der Waals surface area contributed by atoms with Gasteiger partial charge in [-0.05, 0) is 17.4 Å². The zero-order valence-corrected chi connectivity index (χ0v) is 11.7. The molecule has 17 heavy (non-hydrogen) atoms. The van der Waals surface area contributed by atoms with Crippen LogP contribution in [0, 0.1) is 5.41 Å². The molecule has 0 bridgehead atoms. The summed E-state index contributed by atoms with van der Waals surface area (Å²) in [6.45, 7) is 4.22. The molecule has 1 unspecified atom stereocenters. The highest BCUT2D eigenvalue weighted by atomic mass is 32.2. The van der Waals surface area contributed by atoms with Crippen LogP contribution in [0.5, 0.6) is 0 Å². The Balaban J connectivity index is 2.49. The first kappa shape index (κ1) is 14.6. The zero-order chi connectivity index (χ0) is 12.7. The van der Waals surface area contributed by atoms with Gasteiger partial charge in [-0.2, -0.15) is 0 Å². The Morgan fingerprint density at radius 3 is 2.53 bits per heavy atom. The molecule has 1 atom stereocenters. The first-order chi connectivity index (χ1) is 8.06. The van der Waals surface area contributed by atoms with Crippen LogP contribution in [0.2, 0.25) is 0 Å². The maximum Gasteiger partial charge on any atom is 0.0918 e. The molecule has 1 rings (SSSR count). The smallest absolute Gasteiger partial charge is 0.0918 e. The molecule has 0 amide bonds. The third kappa shape index (κ3) is 5.11. The molecule has 0 aromatic heterocycles. The summed E-state index contributed by atoms with van der Waals surface area (Å²) in [5.74, 6) is 1.35. The predicted octanol–water partition coefficient (Wildman–Crippen LogP) is 2.95. The molecular weight excluding hydrogens is 232 g/mol. The average molecular weight is 254 g/mol. The fourth-order valence-electron chi connectivity index (χ4n) is 1.71. The molecule has 0 radical (unpaired) electrons. The SMILES string of the molecule is COCSCC(O)C(C)(C)Cc1ccccc1. The molecule has 96 valence electrons. The van der Waals surface area contributed by atoms with Crippen LogP contribution in [-0.4, -0.2) is 30.0 Å². The van der Waals surface area contributed by atoms with Gasteiger partial charge >= 0.3 is 0 Å². The van der Waals surface area contributed by atoms with Gasteiger partial charge in [0.1, 0.15) is 0 Å². The summed E-state index contributed by atoms with van der Waals surface area (Å²) < 4.78 is 4.98.